The summed E-state index contributed by atoms with van der Waals surface area (Å²) in [4.78, 5) is 45.7. The molecule has 2 aliphatic heterocycles. The minimum absolute atomic E-state index is 0. The van der Waals surface area contributed by atoms with Crippen molar-refractivity contribution < 1.29 is 91.2 Å². The Kier molecular flexibility index (Phi) is 38.9. The molecule has 84 heavy (non-hydrogen) atoms. The Labute approximate surface area is 538 Å². The molecule has 468 valence electrons. The Balaban J connectivity index is 0. The van der Waals surface area contributed by atoms with Crippen molar-refractivity contribution in [1.82, 2.24) is 0 Å². The van der Waals surface area contributed by atoms with Gasteiger partial charge < -0.3 is 49.1 Å². The van der Waals surface area contributed by atoms with E-state index in [0.29, 0.717) is 45.9 Å². The van der Waals surface area contributed by atoms with E-state index in [1.807, 2.05) is 159 Å². The van der Waals surface area contributed by atoms with E-state index in [-0.39, 0.29) is 89.5 Å². The van der Waals surface area contributed by atoms with Crippen molar-refractivity contribution in [3.05, 3.63) is 138 Å². The summed E-state index contributed by atoms with van der Waals surface area (Å²) in [7, 11) is 0. The predicted molar refractivity (Wildman–Crippen MR) is 332 cm³/mol. The van der Waals surface area contributed by atoms with Crippen LogP contribution >= 0.6 is 0 Å². The summed E-state index contributed by atoms with van der Waals surface area (Å²) in [5, 5.41) is 45.7. The molecule has 2 fully saturated rings. The van der Waals surface area contributed by atoms with Gasteiger partial charge in [-0.25, -0.2) is 0 Å². The van der Waals surface area contributed by atoms with Crippen molar-refractivity contribution in [3.8, 4) is 0 Å². The maximum atomic E-state index is 11.4. The van der Waals surface area contributed by atoms with Crippen LogP contribution in [-0.4, -0.2) is 50.3 Å². The first kappa shape index (κ1) is 82.1. The molecule has 2 aliphatic rings. The maximum absolute atomic E-state index is 11.4. The third kappa shape index (κ3) is 25.8. The van der Waals surface area contributed by atoms with Gasteiger partial charge in [0.15, 0.2) is 0 Å². The third-order valence-electron chi connectivity index (χ3n) is 15.0. The number of hydrogen-bond acceptors (Lipinski definition) is 10. The average molecular weight is 1500 g/mol. The number of ether oxygens (including phenoxy) is 2. The van der Waals surface area contributed by atoms with Gasteiger partial charge in [0.05, 0.1) is 23.9 Å². The van der Waals surface area contributed by atoms with Gasteiger partial charge in [-0.05, 0) is 163 Å². The van der Waals surface area contributed by atoms with Crippen LogP contribution in [0.1, 0.15) is 371 Å². The molecule has 0 amide bonds. The molecular weight excluding hydrogens is 1390 g/mol. The van der Waals surface area contributed by atoms with Crippen LogP contribution in [0.2, 0.25) is 0 Å². The first-order valence-electron chi connectivity index (χ1n) is 30.7. The average Bonchev–Trinajstić information content (AvgIpc) is 4.19. The molecule has 0 N–H and O–H groups in total. The van der Waals surface area contributed by atoms with Gasteiger partial charge in [0, 0.05) is 48.7 Å². The Morgan fingerprint density at radius 3 is 0.440 bits per heavy atom. The van der Waals surface area contributed by atoms with Gasteiger partial charge in [0.25, 0.3) is 0 Å². The summed E-state index contributed by atoms with van der Waals surface area (Å²) in [6, 6.07) is 16.2. The van der Waals surface area contributed by atoms with Crippen molar-refractivity contribution in [2.24, 2.45) is 0 Å². The van der Waals surface area contributed by atoms with Crippen LogP contribution in [-0.2, 0) is 51.6 Å². The zero-order valence-corrected chi connectivity index (χ0v) is 62.0. The molecular formula is C72H108O10W2. The smallest absolute Gasteiger partial charge is 0.545 e. The second-order valence-electron chi connectivity index (χ2n) is 25.9. The molecule has 4 aromatic rings. The van der Waals surface area contributed by atoms with Crippen molar-refractivity contribution in [2.75, 3.05) is 26.4 Å². The molecule has 0 spiro atoms. The van der Waals surface area contributed by atoms with Crippen molar-refractivity contribution in [1.29, 1.82) is 0 Å². The summed E-state index contributed by atoms with van der Waals surface area (Å²) in [5.41, 5.74) is 13.5. The SMILES string of the molecule is C1CCOC1.C1CCOC1.CC(C)c1cc(C(C)C)c(C(=O)[O-])c(C(C)C)c1.CC(C)c1cc(C(C)C)c(C(=O)[O-])c(C(C)C)c1.CC(C)c1cc(C(C)C)c(C(=O)[O-])c(C(C)C)c1.CC(C)c1cc(C(C)C)c(C(=O)[O-])c(C(C)C)c1.[W+2].[W+2]. The number of carboxylic acids is 4. The number of rotatable bonds is 16. The predicted octanol–water partition coefficient (Wildman–Crippen LogP) is 15.3. The molecule has 2 heterocycles. The molecule has 0 radical (unpaired) electrons. The number of carbonyl (C=O) groups is 4. The summed E-state index contributed by atoms with van der Waals surface area (Å²) in [5.74, 6) is -1.12. The van der Waals surface area contributed by atoms with Crippen LogP contribution in [0.3, 0.4) is 0 Å². The number of benzene rings is 4. The van der Waals surface area contributed by atoms with E-state index in [1.165, 1.54) is 47.9 Å². The van der Waals surface area contributed by atoms with Gasteiger partial charge >= 0.3 is 42.1 Å². The minimum atomic E-state index is -1.06. The molecule has 10 nitrogen and oxygen atoms in total. The second-order valence-corrected chi connectivity index (χ2v) is 25.9. The molecule has 0 bridgehead atoms. The monoisotopic (exact) mass is 1500 g/mol. The maximum Gasteiger partial charge on any atom is 2.00 e. The van der Waals surface area contributed by atoms with Crippen molar-refractivity contribution in [3.63, 3.8) is 0 Å². The first-order chi connectivity index (χ1) is 38.0. The molecule has 4 aromatic carbocycles. The quantitative estimate of drug-likeness (QED) is 0.105. The fourth-order valence-electron chi connectivity index (χ4n) is 9.79. The van der Waals surface area contributed by atoms with E-state index in [9.17, 15) is 39.6 Å². The summed E-state index contributed by atoms with van der Waals surface area (Å²) >= 11 is 0. The standard InChI is InChI=1S/4C16H24O2.2C4H8O.2W/c4*1-9(2)12-7-13(10(3)4)15(16(17)18)14(8-12)11(5)6;2*1-2-4-5-3-1;;/h4*7-11H,1-6H3,(H,17,18);2*1-4H2;;/q;;;;;;2*+2/p-4. The van der Waals surface area contributed by atoms with Gasteiger partial charge in [0.1, 0.15) is 0 Å². The second kappa shape index (κ2) is 39.8. The Morgan fingerprint density at radius 2 is 0.381 bits per heavy atom. The Hall–Kier alpha value is -3.94. The van der Waals surface area contributed by atoms with Crippen LogP contribution in [0.4, 0.5) is 0 Å². The van der Waals surface area contributed by atoms with Crippen LogP contribution in [0, 0.1) is 0 Å². The van der Waals surface area contributed by atoms with Gasteiger partial charge in [-0.2, -0.15) is 0 Å². The van der Waals surface area contributed by atoms with E-state index < -0.39 is 23.9 Å². The number of carboxylic acid groups (broad SMARTS) is 4. The Bertz CT molecular complexity index is 2160. The molecule has 0 aromatic heterocycles. The zero-order chi connectivity index (χ0) is 63.2. The topological polar surface area (TPSA) is 179 Å². The minimum Gasteiger partial charge on any atom is -0.545 e. The zero-order valence-electron chi connectivity index (χ0n) is 56.1. The molecule has 12 heteroatoms. The van der Waals surface area contributed by atoms with Crippen LogP contribution in [0.5, 0.6) is 0 Å². The van der Waals surface area contributed by atoms with Crippen LogP contribution < -0.4 is 20.4 Å². The largest absolute Gasteiger partial charge is 2.00 e. The molecule has 0 saturated carbocycles. The normalized spacial score (nSPS) is 12.8. The number of carbonyl (C=O) groups excluding carboxylic acids is 4. The molecule has 0 aliphatic carbocycles. The van der Waals surface area contributed by atoms with Gasteiger partial charge in [-0.3, -0.25) is 0 Å². The number of hydrogen-bond donors (Lipinski definition) is 0. The fourth-order valence-corrected chi connectivity index (χ4v) is 9.79. The molecule has 0 atom stereocenters. The molecule has 0 unspecified atom stereocenters. The van der Waals surface area contributed by atoms with Crippen molar-refractivity contribution in [2.45, 2.75) is 263 Å². The Morgan fingerprint density at radius 1 is 0.262 bits per heavy atom. The van der Waals surface area contributed by atoms with E-state index >= 15 is 0 Å². The van der Waals surface area contributed by atoms with E-state index in [4.69, 9.17) is 9.47 Å². The summed E-state index contributed by atoms with van der Waals surface area (Å²) in [6.45, 7) is 53.4. The number of aromatic carboxylic acids is 4. The molecule has 2 saturated heterocycles. The van der Waals surface area contributed by atoms with Crippen LogP contribution in [0.15, 0.2) is 48.5 Å². The van der Waals surface area contributed by atoms with Gasteiger partial charge in [-0.1, -0.05) is 215 Å². The van der Waals surface area contributed by atoms with Crippen molar-refractivity contribution >= 4 is 23.9 Å². The van der Waals surface area contributed by atoms with E-state index in [2.05, 4.69) is 55.4 Å². The first-order valence-corrected chi connectivity index (χ1v) is 30.7. The van der Waals surface area contributed by atoms with Gasteiger partial charge in [-0.15, -0.1) is 0 Å². The fraction of sp³-hybridized carbons (Fsp3) is 0.611. The summed E-state index contributed by atoms with van der Waals surface area (Å²) < 4.78 is 9.89. The van der Waals surface area contributed by atoms with E-state index in [0.717, 1.165) is 70.9 Å². The van der Waals surface area contributed by atoms with Crippen LogP contribution in [0.25, 0.3) is 0 Å². The van der Waals surface area contributed by atoms with Gasteiger partial charge in [0.2, 0.25) is 0 Å². The third-order valence-corrected chi connectivity index (χ3v) is 15.0. The summed E-state index contributed by atoms with van der Waals surface area (Å²) in [6.07, 6.45) is 5.11. The molecule has 6 rings (SSSR count). The van der Waals surface area contributed by atoms with E-state index in [1.54, 1.807) is 0 Å².